The molecular weight excluding hydrogens is 384 g/mol. The zero-order chi connectivity index (χ0) is 22.4. The first-order valence-electron chi connectivity index (χ1n) is 11.8. The molecule has 2 aromatic rings. The smallest absolute Gasteiger partial charge is 0.124 e. The number of benzene rings is 1. The van der Waals surface area contributed by atoms with Crippen molar-refractivity contribution in [2.75, 3.05) is 20.1 Å². The molecule has 0 bridgehead atoms. The van der Waals surface area contributed by atoms with Gasteiger partial charge >= 0.3 is 0 Å². The molecule has 1 saturated heterocycles. The van der Waals surface area contributed by atoms with E-state index in [-0.39, 0.29) is 5.41 Å². The molecule has 2 heterocycles. The van der Waals surface area contributed by atoms with Crippen LogP contribution < -0.4 is 0 Å². The molecule has 1 saturated carbocycles. The predicted molar refractivity (Wildman–Crippen MR) is 125 cm³/mol. The van der Waals surface area contributed by atoms with Gasteiger partial charge in [0, 0.05) is 36.5 Å². The molecule has 4 heteroatoms. The Morgan fingerprint density at radius 2 is 1.84 bits per heavy atom. The second-order valence-electron chi connectivity index (χ2n) is 10.7. The van der Waals surface area contributed by atoms with Crippen molar-refractivity contribution >= 4 is 0 Å². The molecule has 2 N–H and O–H groups in total. The van der Waals surface area contributed by atoms with Gasteiger partial charge in [-0.15, -0.1) is 0 Å². The Labute approximate surface area is 187 Å². The first kappa shape index (κ1) is 22.4. The maximum atomic E-state index is 12.4. The highest BCUT2D eigenvalue weighted by molar-refractivity contribution is 5.42. The Morgan fingerprint density at radius 1 is 1.16 bits per heavy atom. The minimum absolute atomic E-state index is 0.290. The van der Waals surface area contributed by atoms with Gasteiger partial charge in [0.05, 0.1) is 5.60 Å². The van der Waals surface area contributed by atoms with Gasteiger partial charge in [-0.1, -0.05) is 52.0 Å². The van der Waals surface area contributed by atoms with Gasteiger partial charge in [0.15, 0.2) is 0 Å². The number of rotatable bonds is 6. The van der Waals surface area contributed by atoms with Gasteiger partial charge in [-0.3, -0.25) is 4.98 Å². The molecule has 0 spiro atoms. The summed E-state index contributed by atoms with van der Waals surface area (Å²) >= 11 is 0. The highest BCUT2D eigenvalue weighted by Crippen LogP contribution is 2.51. The number of nitrogens with zero attached hydrogens (tertiary/aromatic N) is 2. The van der Waals surface area contributed by atoms with Crippen LogP contribution in [0.15, 0.2) is 42.7 Å². The summed E-state index contributed by atoms with van der Waals surface area (Å²) in [6, 6.07) is 10.6. The fraction of sp³-hybridized carbons (Fsp3) is 0.593. The van der Waals surface area contributed by atoms with Crippen LogP contribution in [0.3, 0.4) is 0 Å². The number of hydrogen-bond acceptors (Lipinski definition) is 4. The van der Waals surface area contributed by atoms with Crippen LogP contribution >= 0.6 is 0 Å². The lowest BCUT2D eigenvalue weighted by Gasteiger charge is -2.56. The van der Waals surface area contributed by atoms with Crippen LogP contribution in [0.5, 0.6) is 0 Å². The molecule has 1 aliphatic carbocycles. The van der Waals surface area contributed by atoms with E-state index in [2.05, 4.69) is 75.0 Å². The van der Waals surface area contributed by atoms with Crippen LogP contribution in [0.2, 0.25) is 0 Å². The van der Waals surface area contributed by atoms with E-state index in [9.17, 15) is 10.2 Å². The van der Waals surface area contributed by atoms with Crippen molar-refractivity contribution in [3.05, 3.63) is 65.0 Å². The van der Waals surface area contributed by atoms with E-state index in [1.54, 1.807) is 0 Å². The molecule has 4 rings (SSSR count). The van der Waals surface area contributed by atoms with E-state index in [1.807, 2.05) is 12.4 Å². The summed E-state index contributed by atoms with van der Waals surface area (Å²) in [6.07, 6.45) is 7.12. The first-order chi connectivity index (χ1) is 14.6. The van der Waals surface area contributed by atoms with Crippen LogP contribution in [0.4, 0.5) is 0 Å². The molecule has 0 amide bonds. The zero-order valence-electron chi connectivity index (χ0n) is 19.7. The summed E-state index contributed by atoms with van der Waals surface area (Å²) in [7, 11) is 2.10. The Balaban J connectivity index is 1.75. The fourth-order valence-electron chi connectivity index (χ4n) is 5.94. The van der Waals surface area contributed by atoms with Gasteiger partial charge in [0.25, 0.3) is 0 Å². The third-order valence-corrected chi connectivity index (χ3v) is 8.00. The molecule has 31 heavy (non-hydrogen) atoms. The van der Waals surface area contributed by atoms with E-state index >= 15 is 0 Å². The van der Waals surface area contributed by atoms with Crippen molar-refractivity contribution < 1.29 is 10.2 Å². The zero-order valence-corrected chi connectivity index (χ0v) is 19.7. The van der Waals surface area contributed by atoms with Crippen LogP contribution in [-0.4, -0.2) is 45.8 Å². The van der Waals surface area contributed by atoms with Gasteiger partial charge in [-0.05, 0) is 67.3 Å². The summed E-state index contributed by atoms with van der Waals surface area (Å²) in [5.41, 5.74) is 2.24. The number of likely N-dealkylation sites (tertiary alicyclic amines) is 1. The maximum absolute atomic E-state index is 12.4. The minimum atomic E-state index is -1.11. The maximum Gasteiger partial charge on any atom is 0.124 e. The summed E-state index contributed by atoms with van der Waals surface area (Å²) in [6.45, 7) is 10.3. The number of aromatic nitrogens is 1. The number of pyridine rings is 1. The van der Waals surface area contributed by atoms with Crippen molar-refractivity contribution in [1.29, 1.82) is 0 Å². The second kappa shape index (κ2) is 7.99. The predicted octanol–water partition coefficient (Wildman–Crippen LogP) is 4.80. The monoisotopic (exact) mass is 422 g/mol. The SMILES string of the molecule is CCC1(O)CCC(c2cncc(C(O)(c3ccc(C(C)C)cc3)C3(C)CN(C)C3)c2)C1. The fourth-order valence-corrected chi connectivity index (χ4v) is 5.94. The molecule has 1 aromatic carbocycles. The molecule has 168 valence electrons. The third kappa shape index (κ3) is 3.83. The number of aliphatic hydroxyl groups is 2. The molecule has 1 aromatic heterocycles. The minimum Gasteiger partial charge on any atom is -0.390 e. The molecule has 2 aliphatic rings. The van der Waals surface area contributed by atoms with E-state index < -0.39 is 11.2 Å². The first-order valence-corrected chi connectivity index (χ1v) is 11.8. The van der Waals surface area contributed by atoms with E-state index in [0.29, 0.717) is 11.8 Å². The largest absolute Gasteiger partial charge is 0.390 e. The molecule has 4 nitrogen and oxygen atoms in total. The van der Waals surface area contributed by atoms with Crippen LogP contribution in [0.25, 0.3) is 0 Å². The molecular formula is C27H38N2O2. The van der Waals surface area contributed by atoms with E-state index in [4.69, 9.17) is 0 Å². The van der Waals surface area contributed by atoms with Gasteiger partial charge in [-0.2, -0.15) is 0 Å². The summed E-state index contributed by atoms with van der Waals surface area (Å²) < 4.78 is 0. The van der Waals surface area contributed by atoms with Crippen molar-refractivity contribution in [2.24, 2.45) is 5.41 Å². The second-order valence-corrected chi connectivity index (χ2v) is 10.7. The Kier molecular flexibility index (Phi) is 5.78. The Hall–Kier alpha value is -1.75. The normalized spacial score (nSPS) is 27.8. The van der Waals surface area contributed by atoms with Gasteiger partial charge in [0.1, 0.15) is 5.60 Å². The van der Waals surface area contributed by atoms with Crippen LogP contribution in [0.1, 0.15) is 87.5 Å². The van der Waals surface area contributed by atoms with E-state index in [1.165, 1.54) is 5.56 Å². The van der Waals surface area contributed by atoms with Gasteiger partial charge in [-0.25, -0.2) is 0 Å². The lowest BCUT2D eigenvalue weighted by Crippen LogP contribution is -2.63. The molecule has 1 aliphatic heterocycles. The van der Waals surface area contributed by atoms with Crippen molar-refractivity contribution in [3.8, 4) is 0 Å². The summed E-state index contributed by atoms with van der Waals surface area (Å²) in [5.74, 6) is 0.749. The Morgan fingerprint density at radius 3 is 2.39 bits per heavy atom. The summed E-state index contributed by atoms with van der Waals surface area (Å²) in [4.78, 5) is 6.83. The highest BCUT2D eigenvalue weighted by Gasteiger charge is 2.55. The third-order valence-electron chi connectivity index (χ3n) is 8.00. The van der Waals surface area contributed by atoms with Crippen molar-refractivity contribution in [2.45, 2.75) is 76.4 Å². The van der Waals surface area contributed by atoms with Crippen molar-refractivity contribution in [3.63, 3.8) is 0 Å². The lowest BCUT2D eigenvalue weighted by atomic mass is 9.62. The van der Waals surface area contributed by atoms with Crippen LogP contribution in [-0.2, 0) is 5.60 Å². The van der Waals surface area contributed by atoms with Gasteiger partial charge < -0.3 is 15.1 Å². The Bertz CT molecular complexity index is 919. The molecule has 3 atom stereocenters. The standard InChI is InChI=1S/C27H38N2O2/c1-6-26(30)12-11-21(14-26)22-13-24(16-28-15-22)27(31,25(4)17-29(5)18-25)23-9-7-20(8-10-23)19(2)3/h7-10,13,15-16,19,21,30-31H,6,11-12,14,17-18H2,1-5H3. The average Bonchev–Trinajstić information content (AvgIpc) is 3.15. The number of hydrogen-bond donors (Lipinski definition) is 2. The molecule has 3 unspecified atom stereocenters. The summed E-state index contributed by atoms with van der Waals surface area (Å²) in [5, 5.41) is 23.1. The molecule has 0 radical (unpaired) electrons. The lowest BCUT2D eigenvalue weighted by molar-refractivity contribution is -0.127. The quantitative estimate of drug-likeness (QED) is 0.702. The topological polar surface area (TPSA) is 56.6 Å². The van der Waals surface area contributed by atoms with Gasteiger partial charge in [0.2, 0.25) is 0 Å². The highest BCUT2D eigenvalue weighted by atomic mass is 16.3. The van der Waals surface area contributed by atoms with Crippen molar-refractivity contribution in [1.82, 2.24) is 9.88 Å². The van der Waals surface area contributed by atoms with E-state index in [0.717, 1.165) is 55.5 Å². The van der Waals surface area contributed by atoms with Crippen LogP contribution in [0, 0.1) is 5.41 Å². The average molecular weight is 423 g/mol. The molecule has 2 fully saturated rings.